The van der Waals surface area contributed by atoms with Crippen LogP contribution in [0.5, 0.6) is 0 Å². The molecule has 0 fully saturated rings. The van der Waals surface area contributed by atoms with Crippen molar-refractivity contribution in [2.75, 3.05) is 0 Å². The summed E-state index contributed by atoms with van der Waals surface area (Å²) in [4.78, 5) is 30.4. The minimum Gasteiger partial charge on any atom is -0.273 e. The first kappa shape index (κ1) is 12.1. The lowest BCUT2D eigenvalue weighted by molar-refractivity contribution is -0.129. The third-order valence-electron chi connectivity index (χ3n) is 1.77. The zero-order valence-electron chi connectivity index (χ0n) is 9.44. The van der Waals surface area contributed by atoms with E-state index in [0.29, 0.717) is 0 Å². The number of rotatable bonds is 1. The van der Waals surface area contributed by atoms with Crippen LogP contribution in [0.2, 0.25) is 0 Å². The van der Waals surface area contributed by atoms with Crippen molar-refractivity contribution in [2.24, 2.45) is 5.41 Å². The summed E-state index contributed by atoms with van der Waals surface area (Å²) in [6.07, 6.45) is 4.18. The molecule has 1 aromatic rings. The van der Waals surface area contributed by atoms with Crippen LogP contribution in [0.4, 0.5) is 0 Å². The van der Waals surface area contributed by atoms with Crippen molar-refractivity contribution in [3.63, 3.8) is 0 Å². The lowest BCUT2D eigenvalue weighted by Crippen LogP contribution is -2.46. The molecule has 0 aliphatic carbocycles. The molecule has 2 N–H and O–H groups in total. The summed E-state index contributed by atoms with van der Waals surface area (Å²) < 4.78 is 0. The van der Waals surface area contributed by atoms with E-state index in [1.807, 2.05) is 0 Å². The predicted molar refractivity (Wildman–Crippen MR) is 57.1 cm³/mol. The van der Waals surface area contributed by atoms with Crippen LogP contribution in [0.15, 0.2) is 18.6 Å². The van der Waals surface area contributed by atoms with Crippen molar-refractivity contribution in [2.45, 2.75) is 20.8 Å². The van der Waals surface area contributed by atoms with E-state index in [9.17, 15) is 9.59 Å². The smallest absolute Gasteiger partial charge is 0.273 e. The summed E-state index contributed by atoms with van der Waals surface area (Å²) in [7, 11) is 0. The van der Waals surface area contributed by atoms with Crippen molar-refractivity contribution >= 4 is 11.8 Å². The van der Waals surface area contributed by atoms with Gasteiger partial charge in [-0.05, 0) is 0 Å². The Labute approximate surface area is 93.5 Å². The van der Waals surface area contributed by atoms with E-state index in [2.05, 4.69) is 20.8 Å². The lowest BCUT2D eigenvalue weighted by Gasteiger charge is -2.17. The minimum absolute atomic E-state index is 0.150. The van der Waals surface area contributed by atoms with Gasteiger partial charge < -0.3 is 0 Å². The summed E-state index contributed by atoms with van der Waals surface area (Å²) in [6.45, 7) is 5.24. The van der Waals surface area contributed by atoms with Crippen LogP contribution in [0, 0.1) is 5.41 Å². The molecule has 0 unspecified atom stereocenters. The summed E-state index contributed by atoms with van der Waals surface area (Å²) in [5.74, 6) is -0.768. The molecule has 6 nitrogen and oxygen atoms in total. The SMILES string of the molecule is CC(C)(C)C(=O)NNC(=O)c1cnccn1. The average Bonchev–Trinajstić information content (AvgIpc) is 2.25. The average molecular weight is 222 g/mol. The molecule has 0 saturated carbocycles. The van der Waals surface area contributed by atoms with Crippen LogP contribution in [0.25, 0.3) is 0 Å². The van der Waals surface area contributed by atoms with E-state index < -0.39 is 11.3 Å². The number of hydrazine groups is 1. The van der Waals surface area contributed by atoms with Crippen molar-refractivity contribution in [1.82, 2.24) is 20.8 Å². The highest BCUT2D eigenvalue weighted by molar-refractivity contribution is 5.93. The molecule has 1 heterocycles. The van der Waals surface area contributed by atoms with Gasteiger partial charge in [-0.2, -0.15) is 0 Å². The van der Waals surface area contributed by atoms with Gasteiger partial charge in [-0.3, -0.25) is 25.4 Å². The van der Waals surface area contributed by atoms with Crippen molar-refractivity contribution in [1.29, 1.82) is 0 Å². The number of nitrogens with one attached hydrogen (secondary N) is 2. The first-order valence-corrected chi connectivity index (χ1v) is 4.78. The van der Waals surface area contributed by atoms with E-state index in [4.69, 9.17) is 0 Å². The van der Waals surface area contributed by atoms with Crippen molar-refractivity contribution in [3.8, 4) is 0 Å². The van der Waals surface area contributed by atoms with Gasteiger partial charge in [0.05, 0.1) is 6.20 Å². The molecule has 1 rings (SSSR count). The molecule has 86 valence electrons. The maximum absolute atomic E-state index is 11.4. The maximum Gasteiger partial charge on any atom is 0.289 e. The summed E-state index contributed by atoms with van der Waals surface area (Å²) in [6, 6.07) is 0. The summed E-state index contributed by atoms with van der Waals surface area (Å²) in [5.41, 5.74) is 4.17. The van der Waals surface area contributed by atoms with E-state index in [1.165, 1.54) is 18.6 Å². The van der Waals surface area contributed by atoms with Crippen molar-refractivity contribution in [3.05, 3.63) is 24.3 Å². The summed E-state index contributed by atoms with van der Waals surface area (Å²) in [5, 5.41) is 0. The minimum atomic E-state index is -0.560. The maximum atomic E-state index is 11.4. The van der Waals surface area contributed by atoms with Gasteiger partial charge in [-0.25, -0.2) is 4.98 Å². The Kier molecular flexibility index (Phi) is 3.55. The number of aromatic nitrogens is 2. The highest BCUT2D eigenvalue weighted by Gasteiger charge is 2.21. The van der Waals surface area contributed by atoms with E-state index in [-0.39, 0.29) is 11.6 Å². The molecule has 1 aromatic heterocycles. The fourth-order valence-corrected chi connectivity index (χ4v) is 0.781. The van der Waals surface area contributed by atoms with Crippen molar-refractivity contribution < 1.29 is 9.59 Å². The Morgan fingerprint density at radius 3 is 2.38 bits per heavy atom. The van der Waals surface area contributed by atoms with Gasteiger partial charge in [0.1, 0.15) is 5.69 Å². The second kappa shape index (κ2) is 4.69. The van der Waals surface area contributed by atoms with Gasteiger partial charge in [-0.1, -0.05) is 20.8 Å². The molecular formula is C10H14N4O2. The fourth-order valence-electron chi connectivity index (χ4n) is 0.781. The van der Waals surface area contributed by atoms with Gasteiger partial charge in [0.25, 0.3) is 5.91 Å². The molecule has 0 radical (unpaired) electrons. The fraction of sp³-hybridized carbons (Fsp3) is 0.400. The Hall–Kier alpha value is -1.98. The molecule has 2 amide bonds. The molecule has 6 heteroatoms. The zero-order valence-corrected chi connectivity index (χ0v) is 9.44. The predicted octanol–water partition coefficient (Wildman–Crippen LogP) is 0.284. The molecule has 0 aliphatic heterocycles. The molecule has 0 atom stereocenters. The van der Waals surface area contributed by atoms with Crippen LogP contribution in [0.1, 0.15) is 31.3 Å². The molecule has 0 aromatic carbocycles. The second-order valence-corrected chi connectivity index (χ2v) is 4.25. The third-order valence-corrected chi connectivity index (χ3v) is 1.77. The van der Waals surface area contributed by atoms with Crippen LogP contribution in [0.3, 0.4) is 0 Å². The van der Waals surface area contributed by atoms with Crippen LogP contribution in [-0.2, 0) is 4.79 Å². The second-order valence-electron chi connectivity index (χ2n) is 4.25. The molecule has 0 saturated heterocycles. The first-order valence-electron chi connectivity index (χ1n) is 4.78. The lowest BCUT2D eigenvalue weighted by atomic mass is 9.96. The highest BCUT2D eigenvalue weighted by Crippen LogP contribution is 2.11. The van der Waals surface area contributed by atoms with Gasteiger partial charge in [0.15, 0.2) is 0 Å². The van der Waals surface area contributed by atoms with E-state index >= 15 is 0 Å². The number of carbonyl (C=O) groups is 2. The molecule has 0 aliphatic rings. The van der Waals surface area contributed by atoms with Crippen LogP contribution in [-0.4, -0.2) is 21.8 Å². The Bertz CT molecular complexity index is 384. The van der Waals surface area contributed by atoms with Gasteiger partial charge >= 0.3 is 0 Å². The quantitative estimate of drug-likeness (QED) is 0.669. The van der Waals surface area contributed by atoms with Crippen LogP contribution >= 0.6 is 0 Å². The zero-order chi connectivity index (χ0) is 12.2. The summed E-state index contributed by atoms with van der Waals surface area (Å²) >= 11 is 0. The Morgan fingerprint density at radius 2 is 1.88 bits per heavy atom. The number of carbonyl (C=O) groups excluding carboxylic acids is 2. The topological polar surface area (TPSA) is 84.0 Å². The normalized spacial score (nSPS) is 10.7. The highest BCUT2D eigenvalue weighted by atomic mass is 16.2. The largest absolute Gasteiger partial charge is 0.289 e. The standard InChI is InChI=1S/C10H14N4O2/c1-10(2,3)9(16)14-13-8(15)7-6-11-4-5-12-7/h4-6H,1-3H3,(H,13,15)(H,14,16). The Balaban J connectivity index is 2.52. The van der Waals surface area contributed by atoms with Gasteiger partial charge in [0, 0.05) is 17.8 Å². The molecule has 16 heavy (non-hydrogen) atoms. The van der Waals surface area contributed by atoms with Gasteiger partial charge in [-0.15, -0.1) is 0 Å². The first-order chi connectivity index (χ1) is 7.41. The number of nitrogens with zero attached hydrogens (tertiary/aromatic N) is 2. The molecule has 0 spiro atoms. The van der Waals surface area contributed by atoms with E-state index in [1.54, 1.807) is 20.8 Å². The monoisotopic (exact) mass is 222 g/mol. The molecular weight excluding hydrogens is 208 g/mol. The number of hydrogen-bond donors (Lipinski definition) is 2. The number of amides is 2. The van der Waals surface area contributed by atoms with E-state index in [0.717, 1.165) is 0 Å². The molecule has 0 bridgehead atoms. The van der Waals surface area contributed by atoms with Crippen LogP contribution < -0.4 is 10.9 Å². The number of hydrogen-bond acceptors (Lipinski definition) is 4. The van der Waals surface area contributed by atoms with Gasteiger partial charge in [0.2, 0.25) is 5.91 Å². The third kappa shape index (κ3) is 3.30. The Morgan fingerprint density at radius 1 is 1.19 bits per heavy atom.